The van der Waals surface area contributed by atoms with Gasteiger partial charge in [-0.05, 0) is 38.5 Å². The van der Waals surface area contributed by atoms with Gasteiger partial charge >= 0.3 is 0 Å². The fraction of sp³-hybridized carbons (Fsp3) is 0.857. The van der Waals surface area contributed by atoms with Crippen molar-refractivity contribution >= 4 is 0 Å². The first kappa shape index (κ1) is 17.4. The average Bonchev–Trinajstić information content (AvgIpc) is 2.14. The zero-order valence-electron chi connectivity index (χ0n) is 11.7. The molecule has 0 saturated heterocycles. The second-order valence-electron chi connectivity index (χ2n) is 5.68. The van der Waals surface area contributed by atoms with Crippen LogP contribution in [0.4, 0.5) is 0 Å². The monoisotopic (exact) mass is 222 g/mol. The molecule has 0 unspecified atom stereocenters. The Balaban J connectivity index is 0. The summed E-state index contributed by atoms with van der Waals surface area (Å²) in [7, 11) is 0. The van der Waals surface area contributed by atoms with Crippen molar-refractivity contribution in [3.63, 3.8) is 0 Å². The maximum atomic E-state index is 8.59. The molecule has 0 saturated carbocycles. The normalized spacial score (nSPS) is 10.4. The van der Waals surface area contributed by atoms with Gasteiger partial charge < -0.3 is 0 Å². The van der Waals surface area contributed by atoms with Crippen LogP contribution in [0.25, 0.3) is 0 Å². The van der Waals surface area contributed by atoms with Gasteiger partial charge in [0.05, 0.1) is 17.6 Å². The molecular formula is C14H26N2. The van der Waals surface area contributed by atoms with Crippen LogP contribution >= 0.6 is 0 Å². The second-order valence-corrected chi connectivity index (χ2v) is 5.68. The first-order valence-corrected chi connectivity index (χ1v) is 6.03. The summed E-state index contributed by atoms with van der Waals surface area (Å²) in [5.41, 5.74) is -0.131. The van der Waals surface area contributed by atoms with Crippen molar-refractivity contribution in [3.05, 3.63) is 0 Å². The van der Waals surface area contributed by atoms with E-state index in [1.165, 1.54) is 0 Å². The quantitative estimate of drug-likeness (QED) is 0.701. The minimum Gasteiger partial charge on any atom is -0.198 e. The van der Waals surface area contributed by atoms with E-state index in [0.717, 1.165) is 12.8 Å². The lowest BCUT2D eigenvalue weighted by molar-refractivity contribution is 0.377. The lowest BCUT2D eigenvalue weighted by atomic mass is 9.86. The molecule has 0 aliphatic heterocycles. The molecule has 0 radical (unpaired) electrons. The zero-order valence-corrected chi connectivity index (χ0v) is 11.7. The molecule has 0 bridgehead atoms. The van der Waals surface area contributed by atoms with Crippen LogP contribution in [0.1, 0.15) is 60.8 Å². The van der Waals surface area contributed by atoms with E-state index in [4.69, 9.17) is 10.5 Å². The van der Waals surface area contributed by atoms with Crippen molar-refractivity contribution in [1.82, 2.24) is 0 Å². The van der Waals surface area contributed by atoms with Crippen molar-refractivity contribution in [2.75, 3.05) is 0 Å². The summed E-state index contributed by atoms with van der Waals surface area (Å²) in [4.78, 5) is 0. The zero-order chi connectivity index (χ0) is 13.2. The minimum atomic E-state index is -0.131. The van der Waals surface area contributed by atoms with Crippen LogP contribution in [0.15, 0.2) is 0 Å². The molecule has 0 aliphatic carbocycles. The van der Waals surface area contributed by atoms with Gasteiger partial charge in [0.2, 0.25) is 0 Å². The Labute approximate surface area is 101 Å². The third kappa shape index (κ3) is 15.5. The van der Waals surface area contributed by atoms with Crippen molar-refractivity contribution < 1.29 is 0 Å². The van der Waals surface area contributed by atoms with Crippen LogP contribution < -0.4 is 0 Å². The van der Waals surface area contributed by atoms with E-state index in [9.17, 15) is 0 Å². The highest BCUT2D eigenvalue weighted by Gasteiger charge is 2.17. The summed E-state index contributed by atoms with van der Waals surface area (Å²) in [5, 5.41) is 16.7. The molecule has 0 fully saturated rings. The van der Waals surface area contributed by atoms with E-state index in [-0.39, 0.29) is 5.41 Å². The van der Waals surface area contributed by atoms with Crippen LogP contribution in [-0.4, -0.2) is 0 Å². The molecule has 92 valence electrons. The lowest BCUT2D eigenvalue weighted by Gasteiger charge is -2.16. The third-order valence-electron chi connectivity index (χ3n) is 2.05. The molecular weight excluding hydrogens is 196 g/mol. The predicted molar refractivity (Wildman–Crippen MR) is 68.5 cm³/mol. The van der Waals surface area contributed by atoms with Gasteiger partial charge in [0.15, 0.2) is 0 Å². The highest BCUT2D eigenvalue weighted by molar-refractivity contribution is 4.91. The smallest absolute Gasteiger partial charge is 0.0684 e. The van der Waals surface area contributed by atoms with Gasteiger partial charge in [0, 0.05) is 6.42 Å². The highest BCUT2D eigenvalue weighted by Crippen LogP contribution is 2.23. The number of hydrogen-bond donors (Lipinski definition) is 0. The number of nitriles is 2. The Kier molecular flexibility index (Phi) is 10.0. The van der Waals surface area contributed by atoms with E-state index < -0.39 is 0 Å². The molecule has 16 heavy (non-hydrogen) atoms. The van der Waals surface area contributed by atoms with Crippen LogP contribution in [-0.2, 0) is 0 Å². The largest absolute Gasteiger partial charge is 0.198 e. The van der Waals surface area contributed by atoms with Crippen molar-refractivity contribution in [3.8, 4) is 12.1 Å². The maximum Gasteiger partial charge on any atom is 0.0684 e. The SMILES string of the molecule is CC(C)CC(C)(C)C#N.CC(C)CCC#N. The summed E-state index contributed by atoms with van der Waals surface area (Å²) < 4.78 is 0. The Morgan fingerprint density at radius 3 is 1.62 bits per heavy atom. The first-order chi connectivity index (χ1) is 7.25. The van der Waals surface area contributed by atoms with E-state index >= 15 is 0 Å². The fourth-order valence-electron chi connectivity index (χ4n) is 1.42. The second kappa shape index (κ2) is 9.22. The Hall–Kier alpha value is -1.02. The molecule has 0 aromatic rings. The summed E-state index contributed by atoms with van der Waals surface area (Å²) in [5.74, 6) is 1.30. The van der Waals surface area contributed by atoms with Gasteiger partial charge in [-0.1, -0.05) is 27.7 Å². The van der Waals surface area contributed by atoms with Gasteiger partial charge in [0.1, 0.15) is 0 Å². The van der Waals surface area contributed by atoms with Gasteiger partial charge in [-0.25, -0.2) is 0 Å². The number of hydrogen-bond acceptors (Lipinski definition) is 2. The van der Waals surface area contributed by atoms with Crippen molar-refractivity contribution in [2.45, 2.75) is 60.8 Å². The van der Waals surface area contributed by atoms with E-state index in [0.29, 0.717) is 18.3 Å². The van der Waals surface area contributed by atoms with Crippen LogP contribution in [0.5, 0.6) is 0 Å². The molecule has 2 heteroatoms. The standard InChI is InChI=1S/C8H15N.C6H11N/c1-7(2)5-8(3,4)6-9;1-6(2)4-3-5-7/h7H,5H2,1-4H3;6H,3-4H2,1-2H3. The molecule has 2 nitrogen and oxygen atoms in total. The van der Waals surface area contributed by atoms with Crippen molar-refractivity contribution in [1.29, 1.82) is 10.5 Å². The lowest BCUT2D eigenvalue weighted by Crippen LogP contribution is -2.10. The molecule has 0 amide bonds. The average molecular weight is 222 g/mol. The number of rotatable bonds is 4. The van der Waals surface area contributed by atoms with Crippen LogP contribution in [0.2, 0.25) is 0 Å². The highest BCUT2D eigenvalue weighted by atomic mass is 14.3. The van der Waals surface area contributed by atoms with Gasteiger partial charge in [-0.15, -0.1) is 0 Å². The van der Waals surface area contributed by atoms with Gasteiger partial charge in [-0.3, -0.25) is 0 Å². The van der Waals surface area contributed by atoms with E-state index in [1.54, 1.807) is 0 Å². The molecule has 0 heterocycles. The summed E-state index contributed by atoms with van der Waals surface area (Å²) >= 11 is 0. The molecule has 0 rings (SSSR count). The van der Waals surface area contributed by atoms with Gasteiger partial charge in [0.25, 0.3) is 0 Å². The Morgan fingerprint density at radius 2 is 1.50 bits per heavy atom. The third-order valence-corrected chi connectivity index (χ3v) is 2.05. The number of nitrogens with zero attached hydrogens (tertiary/aromatic N) is 2. The van der Waals surface area contributed by atoms with Crippen molar-refractivity contribution in [2.24, 2.45) is 17.3 Å². The molecule has 0 spiro atoms. The first-order valence-electron chi connectivity index (χ1n) is 6.03. The minimum absolute atomic E-state index is 0.131. The van der Waals surface area contributed by atoms with E-state index in [2.05, 4.69) is 39.8 Å². The predicted octanol–water partition coefficient (Wildman–Crippen LogP) is 4.53. The Bertz CT molecular complexity index is 238. The molecule has 0 N–H and O–H groups in total. The summed E-state index contributed by atoms with van der Waals surface area (Å²) in [6.45, 7) is 12.5. The van der Waals surface area contributed by atoms with Crippen LogP contribution in [0, 0.1) is 39.9 Å². The molecule has 0 aliphatic rings. The van der Waals surface area contributed by atoms with Gasteiger partial charge in [-0.2, -0.15) is 10.5 Å². The maximum absolute atomic E-state index is 8.59. The Morgan fingerprint density at radius 1 is 1.00 bits per heavy atom. The summed E-state index contributed by atoms with van der Waals surface area (Å²) in [6, 6.07) is 4.37. The molecule has 0 aromatic heterocycles. The fourth-order valence-corrected chi connectivity index (χ4v) is 1.42. The summed E-state index contributed by atoms with van der Waals surface area (Å²) in [6.07, 6.45) is 2.73. The van der Waals surface area contributed by atoms with E-state index in [1.807, 2.05) is 13.8 Å². The topological polar surface area (TPSA) is 47.6 Å². The molecule has 0 atom stereocenters. The molecule has 0 aromatic carbocycles. The van der Waals surface area contributed by atoms with Crippen LogP contribution in [0.3, 0.4) is 0 Å².